The first-order chi connectivity index (χ1) is 9.97. The Balaban J connectivity index is 1.94. The number of primary amides is 1. The second kappa shape index (κ2) is 5.00. The van der Waals surface area contributed by atoms with Crippen LogP contribution in [-0.4, -0.2) is 21.6 Å². The average molecular weight is 304 g/mol. The van der Waals surface area contributed by atoms with Gasteiger partial charge in [0.1, 0.15) is 5.00 Å². The molecule has 1 aliphatic rings. The van der Waals surface area contributed by atoms with Crippen molar-refractivity contribution in [3.8, 4) is 0 Å². The molecule has 0 atom stereocenters. The van der Waals surface area contributed by atoms with E-state index in [0.717, 1.165) is 29.7 Å². The van der Waals surface area contributed by atoms with E-state index in [9.17, 15) is 9.59 Å². The molecule has 3 rings (SSSR count). The lowest BCUT2D eigenvalue weighted by molar-refractivity contribution is 0.100. The Labute approximate surface area is 125 Å². The van der Waals surface area contributed by atoms with Gasteiger partial charge in [-0.3, -0.25) is 14.3 Å². The minimum Gasteiger partial charge on any atom is -0.365 e. The average Bonchev–Trinajstić information content (AvgIpc) is 3.02. The smallest absolute Gasteiger partial charge is 0.259 e. The molecule has 7 heteroatoms. The number of nitrogens with zero attached hydrogens (tertiary/aromatic N) is 2. The van der Waals surface area contributed by atoms with Crippen LogP contribution in [0.2, 0.25) is 0 Å². The lowest BCUT2D eigenvalue weighted by Crippen LogP contribution is -2.18. The predicted molar refractivity (Wildman–Crippen MR) is 80.8 cm³/mol. The van der Waals surface area contributed by atoms with Gasteiger partial charge in [-0.2, -0.15) is 5.10 Å². The summed E-state index contributed by atoms with van der Waals surface area (Å²) in [6.07, 6.45) is 4.50. The van der Waals surface area contributed by atoms with Gasteiger partial charge in [-0.05, 0) is 31.7 Å². The van der Waals surface area contributed by atoms with E-state index in [0.29, 0.717) is 21.8 Å². The van der Waals surface area contributed by atoms with E-state index >= 15 is 0 Å². The van der Waals surface area contributed by atoms with Crippen molar-refractivity contribution in [2.45, 2.75) is 26.2 Å². The van der Waals surface area contributed by atoms with Crippen LogP contribution in [0.3, 0.4) is 0 Å². The highest BCUT2D eigenvalue weighted by Gasteiger charge is 2.26. The van der Waals surface area contributed by atoms with E-state index in [1.165, 1.54) is 11.3 Å². The van der Waals surface area contributed by atoms with Gasteiger partial charge in [-0.25, -0.2) is 0 Å². The molecule has 0 aromatic carbocycles. The Hall–Kier alpha value is -2.15. The van der Waals surface area contributed by atoms with Crippen molar-refractivity contribution in [3.05, 3.63) is 33.5 Å². The zero-order valence-electron chi connectivity index (χ0n) is 11.9. The molecule has 0 radical (unpaired) electrons. The Morgan fingerprint density at radius 3 is 2.81 bits per heavy atom. The number of nitrogens with one attached hydrogen (secondary N) is 1. The van der Waals surface area contributed by atoms with Crippen molar-refractivity contribution in [1.29, 1.82) is 0 Å². The largest absolute Gasteiger partial charge is 0.365 e. The first-order valence-electron chi connectivity index (χ1n) is 6.73. The fraction of sp³-hybridized carbons (Fsp3) is 0.357. The van der Waals surface area contributed by atoms with Gasteiger partial charge in [-0.15, -0.1) is 11.3 Å². The molecule has 0 saturated heterocycles. The normalized spacial score (nSPS) is 13.2. The van der Waals surface area contributed by atoms with Crippen molar-refractivity contribution < 1.29 is 9.59 Å². The van der Waals surface area contributed by atoms with Gasteiger partial charge in [0.05, 0.1) is 16.8 Å². The summed E-state index contributed by atoms with van der Waals surface area (Å²) in [5, 5.41) is 7.52. The zero-order valence-corrected chi connectivity index (χ0v) is 12.7. The molecule has 0 unspecified atom stereocenters. The van der Waals surface area contributed by atoms with Crippen LogP contribution in [0.5, 0.6) is 0 Å². The molecule has 2 amide bonds. The van der Waals surface area contributed by atoms with Crippen LogP contribution in [0.4, 0.5) is 5.00 Å². The molecule has 2 heterocycles. The zero-order chi connectivity index (χ0) is 15.1. The first kappa shape index (κ1) is 13.8. The summed E-state index contributed by atoms with van der Waals surface area (Å²) in [5.74, 6) is -0.740. The first-order valence-corrected chi connectivity index (χ1v) is 7.55. The molecule has 3 N–H and O–H groups in total. The minimum absolute atomic E-state index is 0.261. The number of rotatable bonds is 3. The van der Waals surface area contributed by atoms with Crippen LogP contribution < -0.4 is 11.1 Å². The van der Waals surface area contributed by atoms with Crippen molar-refractivity contribution in [1.82, 2.24) is 9.78 Å². The molecular weight excluding hydrogens is 288 g/mol. The van der Waals surface area contributed by atoms with E-state index in [1.54, 1.807) is 24.9 Å². The lowest BCUT2D eigenvalue weighted by atomic mass is 10.1. The molecule has 2 aromatic rings. The van der Waals surface area contributed by atoms with Crippen molar-refractivity contribution in [2.24, 2.45) is 12.8 Å². The molecule has 6 nitrogen and oxygen atoms in total. The summed E-state index contributed by atoms with van der Waals surface area (Å²) in [5.41, 5.74) is 8.11. The second-order valence-electron chi connectivity index (χ2n) is 5.18. The highest BCUT2D eigenvalue weighted by molar-refractivity contribution is 7.17. The molecule has 0 bridgehead atoms. The number of aromatic nitrogens is 2. The van der Waals surface area contributed by atoms with Gasteiger partial charge in [0.25, 0.3) is 11.8 Å². The molecule has 0 fully saturated rings. The molecular formula is C14H16N4O2S. The number of nitrogens with two attached hydrogens (primary N) is 1. The van der Waals surface area contributed by atoms with Gasteiger partial charge in [-0.1, -0.05) is 0 Å². The Bertz CT molecular complexity index is 744. The van der Waals surface area contributed by atoms with Crippen LogP contribution in [-0.2, 0) is 19.9 Å². The van der Waals surface area contributed by atoms with Crippen LogP contribution in [0.1, 0.15) is 43.3 Å². The van der Waals surface area contributed by atoms with E-state index in [1.807, 2.05) is 0 Å². The molecule has 0 spiro atoms. The maximum atomic E-state index is 12.3. The molecule has 110 valence electrons. The SMILES string of the molecule is Cc1nn(C)cc1C(=O)Nc1sc2c(c1C(N)=O)CCC2. The summed E-state index contributed by atoms with van der Waals surface area (Å²) in [4.78, 5) is 25.2. The van der Waals surface area contributed by atoms with Crippen LogP contribution in [0.15, 0.2) is 6.20 Å². The Morgan fingerprint density at radius 2 is 2.19 bits per heavy atom. The van der Waals surface area contributed by atoms with Gasteiger partial charge in [0.15, 0.2) is 0 Å². The maximum Gasteiger partial charge on any atom is 0.259 e. The van der Waals surface area contributed by atoms with E-state index in [2.05, 4.69) is 10.4 Å². The summed E-state index contributed by atoms with van der Waals surface area (Å²) >= 11 is 1.45. The highest BCUT2D eigenvalue weighted by Crippen LogP contribution is 2.39. The van der Waals surface area contributed by atoms with Crippen LogP contribution >= 0.6 is 11.3 Å². The molecule has 0 aliphatic heterocycles. The van der Waals surface area contributed by atoms with Gasteiger partial charge >= 0.3 is 0 Å². The third-order valence-corrected chi connectivity index (χ3v) is 4.86. The van der Waals surface area contributed by atoms with E-state index in [-0.39, 0.29) is 5.91 Å². The third-order valence-electron chi connectivity index (χ3n) is 3.65. The quantitative estimate of drug-likeness (QED) is 0.903. The fourth-order valence-corrected chi connectivity index (χ4v) is 4.04. The van der Waals surface area contributed by atoms with Gasteiger partial charge in [0.2, 0.25) is 0 Å². The maximum absolute atomic E-state index is 12.3. The topological polar surface area (TPSA) is 90.0 Å². The van der Waals surface area contributed by atoms with Crippen LogP contribution in [0.25, 0.3) is 0 Å². The summed E-state index contributed by atoms with van der Waals surface area (Å²) in [6, 6.07) is 0. The number of hydrogen-bond acceptors (Lipinski definition) is 4. The number of fused-ring (bicyclic) bond motifs is 1. The summed E-state index contributed by atoms with van der Waals surface area (Å²) in [6.45, 7) is 1.78. The monoisotopic (exact) mass is 304 g/mol. The summed E-state index contributed by atoms with van der Waals surface area (Å²) in [7, 11) is 1.76. The highest BCUT2D eigenvalue weighted by atomic mass is 32.1. The van der Waals surface area contributed by atoms with Gasteiger partial charge < -0.3 is 11.1 Å². The Morgan fingerprint density at radius 1 is 1.43 bits per heavy atom. The fourth-order valence-electron chi connectivity index (χ4n) is 2.75. The van der Waals surface area contributed by atoms with Crippen LogP contribution in [0, 0.1) is 6.92 Å². The van der Waals surface area contributed by atoms with E-state index < -0.39 is 5.91 Å². The number of carbonyl (C=O) groups is 2. The number of aryl methyl sites for hydroxylation is 3. The van der Waals surface area contributed by atoms with E-state index in [4.69, 9.17) is 5.73 Å². The summed E-state index contributed by atoms with van der Waals surface area (Å²) < 4.78 is 1.59. The lowest BCUT2D eigenvalue weighted by Gasteiger charge is -2.05. The molecule has 2 aromatic heterocycles. The number of carbonyl (C=O) groups excluding carboxylic acids is 2. The number of amides is 2. The number of thiophene rings is 1. The molecule has 0 saturated carbocycles. The minimum atomic E-state index is -0.479. The van der Waals surface area contributed by atoms with Crippen molar-refractivity contribution in [3.63, 3.8) is 0 Å². The van der Waals surface area contributed by atoms with Gasteiger partial charge in [0, 0.05) is 18.1 Å². The number of anilines is 1. The third kappa shape index (κ3) is 2.33. The van der Waals surface area contributed by atoms with Crippen molar-refractivity contribution in [2.75, 3.05) is 5.32 Å². The number of hydrogen-bond donors (Lipinski definition) is 2. The molecule has 21 heavy (non-hydrogen) atoms. The predicted octanol–water partition coefficient (Wildman–Crippen LogP) is 1.63. The van der Waals surface area contributed by atoms with Crippen molar-refractivity contribution >= 4 is 28.2 Å². The Kier molecular flexibility index (Phi) is 3.29. The standard InChI is InChI=1S/C14H16N4O2S/c1-7-9(6-18(2)17-7)13(20)16-14-11(12(15)19)8-4-3-5-10(8)21-14/h6H,3-5H2,1-2H3,(H2,15,19)(H,16,20). The molecule has 1 aliphatic carbocycles. The second-order valence-corrected chi connectivity index (χ2v) is 6.29.